The molecule has 0 radical (unpaired) electrons. The molecule has 1 aliphatic carbocycles. The molecule has 0 heterocycles. The van der Waals surface area contributed by atoms with Crippen molar-refractivity contribution in [1.82, 2.24) is 0 Å². The van der Waals surface area contributed by atoms with Gasteiger partial charge in [0.1, 0.15) is 5.92 Å². The summed E-state index contributed by atoms with van der Waals surface area (Å²) in [5.74, 6) is -1.18. The lowest BCUT2D eigenvalue weighted by Gasteiger charge is -1.96. The molecule has 1 atom stereocenters. The van der Waals surface area contributed by atoms with Crippen molar-refractivity contribution in [2.24, 2.45) is 5.92 Å². The summed E-state index contributed by atoms with van der Waals surface area (Å²) in [6, 6.07) is 7.28. The Balaban J connectivity index is 2.31. The van der Waals surface area contributed by atoms with E-state index in [1.807, 2.05) is 19.1 Å². The predicted molar refractivity (Wildman–Crippen MR) is 55.2 cm³/mol. The van der Waals surface area contributed by atoms with Crippen molar-refractivity contribution in [3.63, 3.8) is 0 Å². The Morgan fingerprint density at radius 3 is 2.71 bits per heavy atom. The lowest BCUT2D eigenvalue weighted by atomic mass is 10.1. The second kappa shape index (κ2) is 3.14. The van der Waals surface area contributed by atoms with E-state index in [0.717, 1.165) is 16.7 Å². The average molecular weight is 209 g/mol. The van der Waals surface area contributed by atoms with Crippen LogP contribution in [0.2, 0.25) is 5.02 Å². The van der Waals surface area contributed by atoms with Crippen LogP contribution in [-0.2, 0) is 4.79 Å². The van der Waals surface area contributed by atoms with Gasteiger partial charge < -0.3 is 5.11 Å². The van der Waals surface area contributed by atoms with Crippen molar-refractivity contribution in [1.29, 1.82) is 0 Å². The van der Waals surface area contributed by atoms with E-state index in [0.29, 0.717) is 5.02 Å². The second-order valence-corrected chi connectivity index (χ2v) is 3.81. The van der Waals surface area contributed by atoms with E-state index < -0.39 is 11.9 Å². The monoisotopic (exact) mass is 208 g/mol. The van der Waals surface area contributed by atoms with Crippen LogP contribution in [0.1, 0.15) is 12.5 Å². The number of carboxylic acids is 1. The van der Waals surface area contributed by atoms with E-state index in [9.17, 15) is 4.79 Å². The highest BCUT2D eigenvalue weighted by molar-refractivity contribution is 6.30. The van der Waals surface area contributed by atoms with Gasteiger partial charge in [-0.1, -0.05) is 23.7 Å². The molecule has 0 amide bonds. The summed E-state index contributed by atoms with van der Waals surface area (Å²) in [4.78, 5) is 10.8. The third-order valence-corrected chi connectivity index (χ3v) is 2.68. The number of halogens is 1. The van der Waals surface area contributed by atoms with Crippen LogP contribution in [0.3, 0.4) is 0 Å². The van der Waals surface area contributed by atoms with Crippen LogP contribution in [0.15, 0.2) is 29.8 Å². The number of carbonyl (C=O) groups is 1. The summed E-state index contributed by atoms with van der Waals surface area (Å²) in [6.07, 6.45) is 0. The number of carboxylic acid groups (broad SMARTS) is 1. The van der Waals surface area contributed by atoms with E-state index in [1.165, 1.54) is 0 Å². The topological polar surface area (TPSA) is 37.3 Å². The summed E-state index contributed by atoms with van der Waals surface area (Å²) < 4.78 is 0. The van der Waals surface area contributed by atoms with Crippen molar-refractivity contribution in [2.45, 2.75) is 6.92 Å². The fourth-order valence-corrected chi connectivity index (χ4v) is 1.88. The Morgan fingerprint density at radius 1 is 1.50 bits per heavy atom. The van der Waals surface area contributed by atoms with Crippen LogP contribution in [0.4, 0.5) is 0 Å². The van der Waals surface area contributed by atoms with Gasteiger partial charge in [-0.25, -0.2) is 0 Å². The molecule has 0 bridgehead atoms. The molecule has 0 aliphatic heterocycles. The minimum atomic E-state index is -0.780. The normalized spacial score (nSPS) is 19.7. The molecule has 0 saturated heterocycles. The largest absolute Gasteiger partial charge is 0.481 e. The van der Waals surface area contributed by atoms with Gasteiger partial charge in [-0.05, 0) is 35.8 Å². The lowest BCUT2D eigenvalue weighted by molar-refractivity contribution is -0.137. The maximum absolute atomic E-state index is 10.8. The number of aliphatic carboxylic acids is 1. The first-order chi connectivity index (χ1) is 6.61. The maximum atomic E-state index is 10.8. The van der Waals surface area contributed by atoms with Gasteiger partial charge in [0, 0.05) is 5.02 Å². The zero-order valence-electron chi connectivity index (χ0n) is 7.62. The average Bonchev–Trinajstić information content (AvgIpc) is 2.77. The molecule has 3 heteroatoms. The molecule has 2 nitrogen and oxygen atoms in total. The second-order valence-electron chi connectivity index (χ2n) is 3.38. The number of benzene rings is 1. The summed E-state index contributed by atoms with van der Waals surface area (Å²) in [5.41, 5.74) is 2.75. The van der Waals surface area contributed by atoms with E-state index in [-0.39, 0.29) is 0 Å². The van der Waals surface area contributed by atoms with Crippen molar-refractivity contribution < 1.29 is 9.90 Å². The van der Waals surface area contributed by atoms with Crippen molar-refractivity contribution in [3.05, 3.63) is 40.4 Å². The van der Waals surface area contributed by atoms with Gasteiger partial charge >= 0.3 is 5.97 Å². The molecule has 2 rings (SSSR count). The van der Waals surface area contributed by atoms with E-state index in [2.05, 4.69) is 0 Å². The molecular weight excluding hydrogens is 200 g/mol. The van der Waals surface area contributed by atoms with Crippen LogP contribution in [-0.4, -0.2) is 11.1 Å². The fraction of sp³-hybridized carbons (Fsp3) is 0.182. The fourth-order valence-electron chi connectivity index (χ4n) is 1.69. The Kier molecular flexibility index (Phi) is 2.08. The van der Waals surface area contributed by atoms with Crippen molar-refractivity contribution in [2.75, 3.05) is 0 Å². The third-order valence-electron chi connectivity index (χ3n) is 2.45. The quantitative estimate of drug-likeness (QED) is 0.812. The molecule has 0 fully saturated rings. The third kappa shape index (κ3) is 1.42. The molecule has 14 heavy (non-hydrogen) atoms. The SMILES string of the molecule is CC1=C(c2cccc(Cl)c2)C1C(=O)O. The molecule has 0 aromatic heterocycles. The summed E-state index contributed by atoms with van der Waals surface area (Å²) >= 11 is 5.82. The van der Waals surface area contributed by atoms with Gasteiger partial charge in [-0.15, -0.1) is 0 Å². The van der Waals surface area contributed by atoms with Gasteiger partial charge in [-0.2, -0.15) is 0 Å². The van der Waals surface area contributed by atoms with Crippen LogP contribution < -0.4 is 0 Å². The minimum absolute atomic E-state index is 0.395. The van der Waals surface area contributed by atoms with Crippen molar-refractivity contribution >= 4 is 23.1 Å². The van der Waals surface area contributed by atoms with E-state index >= 15 is 0 Å². The number of hydrogen-bond acceptors (Lipinski definition) is 1. The first-order valence-electron chi connectivity index (χ1n) is 4.30. The van der Waals surface area contributed by atoms with E-state index in [4.69, 9.17) is 16.7 Å². The molecule has 1 unspecified atom stereocenters. The lowest BCUT2D eigenvalue weighted by Crippen LogP contribution is -2.01. The van der Waals surface area contributed by atoms with Gasteiger partial charge in [0.2, 0.25) is 0 Å². The van der Waals surface area contributed by atoms with Crippen molar-refractivity contribution in [3.8, 4) is 0 Å². The van der Waals surface area contributed by atoms with E-state index in [1.54, 1.807) is 12.1 Å². The van der Waals surface area contributed by atoms with Crippen LogP contribution in [0.25, 0.3) is 5.57 Å². The van der Waals surface area contributed by atoms with Gasteiger partial charge in [0.15, 0.2) is 0 Å². The van der Waals surface area contributed by atoms with Crippen LogP contribution in [0, 0.1) is 5.92 Å². The molecule has 1 aromatic carbocycles. The van der Waals surface area contributed by atoms with Gasteiger partial charge in [0.25, 0.3) is 0 Å². The highest BCUT2D eigenvalue weighted by Gasteiger charge is 2.39. The maximum Gasteiger partial charge on any atom is 0.315 e. The molecule has 1 aromatic rings. The molecule has 1 aliphatic rings. The molecule has 0 spiro atoms. The van der Waals surface area contributed by atoms with Crippen LogP contribution in [0.5, 0.6) is 0 Å². The molecule has 0 saturated carbocycles. The Morgan fingerprint density at radius 2 is 2.21 bits per heavy atom. The zero-order valence-corrected chi connectivity index (χ0v) is 8.38. The highest BCUT2D eigenvalue weighted by Crippen LogP contribution is 2.46. The summed E-state index contributed by atoms with van der Waals surface area (Å²) in [5, 5.41) is 9.49. The highest BCUT2D eigenvalue weighted by atomic mass is 35.5. The predicted octanol–water partition coefficient (Wildman–Crippen LogP) is 2.83. The smallest absolute Gasteiger partial charge is 0.315 e. The Hall–Kier alpha value is -1.28. The minimum Gasteiger partial charge on any atom is -0.481 e. The molecule has 1 N–H and O–H groups in total. The number of rotatable bonds is 2. The Labute approximate surface area is 86.8 Å². The van der Waals surface area contributed by atoms with Crippen LogP contribution >= 0.6 is 11.6 Å². The Bertz CT molecular complexity index is 435. The van der Waals surface area contributed by atoms with Gasteiger partial charge in [0.05, 0.1) is 0 Å². The molecule has 72 valence electrons. The summed E-state index contributed by atoms with van der Waals surface area (Å²) in [7, 11) is 0. The number of hydrogen-bond donors (Lipinski definition) is 1. The van der Waals surface area contributed by atoms with Gasteiger partial charge in [-0.3, -0.25) is 4.79 Å². The summed E-state index contributed by atoms with van der Waals surface area (Å²) in [6.45, 7) is 1.84. The first-order valence-corrected chi connectivity index (χ1v) is 4.68. The zero-order chi connectivity index (χ0) is 10.3. The first kappa shape index (κ1) is 9.28. The molecular formula is C11H9ClO2. The standard InChI is InChI=1S/C11H9ClO2/c1-6-9(10(6)11(13)14)7-3-2-4-8(12)5-7/h2-5,10H,1H3,(H,13,14).